The van der Waals surface area contributed by atoms with Gasteiger partial charge in [0.1, 0.15) is 18.5 Å². The van der Waals surface area contributed by atoms with Gasteiger partial charge in [-0.1, -0.05) is 36.4 Å². The standard InChI is InChI=1S/C24H29F3O6/c1-32-23(31)10-5-3-2-4-9-19-20(22(30)14-21(19)29)12-11-17(28)15-33-18-8-6-7-16(13-18)24(25,26)27/h2,4-8,10-13,17,19-22,28-30H,3,9,14-15H2,1H3/b4-2-,10-5+,12-11+/t17-,19-,20-,21+,22-/m1/s1. The Bertz CT molecular complexity index is 849. The van der Waals surface area contributed by atoms with Gasteiger partial charge >= 0.3 is 12.1 Å². The number of ether oxygens (including phenoxy) is 2. The monoisotopic (exact) mass is 470 g/mol. The summed E-state index contributed by atoms with van der Waals surface area (Å²) in [4.78, 5) is 11.0. The summed E-state index contributed by atoms with van der Waals surface area (Å²) < 4.78 is 48.1. The molecule has 1 aromatic rings. The van der Waals surface area contributed by atoms with Crippen LogP contribution in [0.1, 0.15) is 24.8 Å². The van der Waals surface area contributed by atoms with Gasteiger partial charge in [-0.2, -0.15) is 13.2 Å². The normalized spacial score (nSPS) is 24.7. The molecule has 5 atom stereocenters. The van der Waals surface area contributed by atoms with Gasteiger partial charge in [-0.05, 0) is 37.0 Å². The molecule has 1 saturated carbocycles. The van der Waals surface area contributed by atoms with Gasteiger partial charge < -0.3 is 24.8 Å². The van der Waals surface area contributed by atoms with Crippen LogP contribution in [0.5, 0.6) is 5.75 Å². The van der Waals surface area contributed by atoms with E-state index in [-0.39, 0.29) is 24.7 Å². The van der Waals surface area contributed by atoms with Gasteiger partial charge in [0.2, 0.25) is 0 Å². The average molecular weight is 470 g/mol. The highest BCUT2D eigenvalue weighted by Gasteiger charge is 2.39. The Morgan fingerprint density at radius 2 is 1.97 bits per heavy atom. The van der Waals surface area contributed by atoms with Crippen LogP contribution >= 0.6 is 0 Å². The summed E-state index contributed by atoms with van der Waals surface area (Å²) in [6.45, 7) is -0.264. The molecular weight excluding hydrogens is 441 g/mol. The van der Waals surface area contributed by atoms with Crippen molar-refractivity contribution in [1.82, 2.24) is 0 Å². The molecule has 0 saturated heterocycles. The number of alkyl halides is 3. The summed E-state index contributed by atoms with van der Waals surface area (Å²) in [6, 6.07) is 4.38. The number of methoxy groups -OCH3 is 1. The second-order valence-corrected chi connectivity index (χ2v) is 7.77. The van der Waals surface area contributed by atoms with E-state index in [1.54, 1.807) is 12.2 Å². The Labute approximate surface area is 190 Å². The van der Waals surface area contributed by atoms with E-state index in [1.165, 1.54) is 31.4 Å². The van der Waals surface area contributed by atoms with Crippen molar-refractivity contribution in [2.75, 3.05) is 13.7 Å². The summed E-state index contributed by atoms with van der Waals surface area (Å²) >= 11 is 0. The van der Waals surface area contributed by atoms with Crippen LogP contribution in [0.2, 0.25) is 0 Å². The van der Waals surface area contributed by atoms with Crippen LogP contribution < -0.4 is 4.74 Å². The summed E-state index contributed by atoms with van der Waals surface area (Å²) in [6.07, 6.45) is 3.74. The van der Waals surface area contributed by atoms with E-state index in [0.717, 1.165) is 12.1 Å². The first-order valence-electron chi connectivity index (χ1n) is 10.5. The number of esters is 1. The number of carbonyl (C=O) groups excluding carboxylic acids is 1. The maximum absolute atomic E-state index is 12.8. The van der Waals surface area contributed by atoms with E-state index in [9.17, 15) is 33.3 Å². The third kappa shape index (κ3) is 8.68. The molecule has 182 valence electrons. The molecule has 0 spiro atoms. The average Bonchev–Trinajstić information content (AvgIpc) is 3.04. The van der Waals surface area contributed by atoms with Crippen LogP contribution in [0, 0.1) is 11.8 Å². The molecule has 3 N–H and O–H groups in total. The zero-order valence-electron chi connectivity index (χ0n) is 18.2. The van der Waals surface area contributed by atoms with Gasteiger partial charge in [0.25, 0.3) is 0 Å². The molecule has 0 aliphatic heterocycles. The highest BCUT2D eigenvalue weighted by atomic mass is 19.4. The topological polar surface area (TPSA) is 96.2 Å². The first-order valence-corrected chi connectivity index (χ1v) is 10.5. The first kappa shape index (κ1) is 26.6. The van der Waals surface area contributed by atoms with Crippen molar-refractivity contribution in [2.45, 2.75) is 43.8 Å². The quantitative estimate of drug-likeness (QED) is 0.276. The summed E-state index contributed by atoms with van der Waals surface area (Å²) in [7, 11) is 1.29. The SMILES string of the molecule is COC(=O)/C=C/C/C=C\C[C@@H]1[C@@H](/C=C/[C@@H](O)COc2cccc(C(F)(F)F)c2)[C@H](O)C[C@@H]1O. The molecule has 1 fully saturated rings. The molecule has 1 aliphatic carbocycles. The van der Waals surface area contributed by atoms with Crippen LogP contribution in [0.25, 0.3) is 0 Å². The van der Waals surface area contributed by atoms with Gasteiger partial charge in [0, 0.05) is 18.4 Å². The van der Waals surface area contributed by atoms with Crippen LogP contribution in [-0.4, -0.2) is 53.3 Å². The molecule has 6 nitrogen and oxygen atoms in total. The van der Waals surface area contributed by atoms with Gasteiger partial charge in [-0.15, -0.1) is 0 Å². The molecule has 0 heterocycles. The number of allylic oxidation sites excluding steroid dienone is 3. The van der Waals surface area contributed by atoms with Crippen molar-refractivity contribution in [3.8, 4) is 5.75 Å². The molecule has 0 unspecified atom stereocenters. The van der Waals surface area contributed by atoms with Gasteiger partial charge in [0.05, 0.1) is 24.9 Å². The Kier molecular flexibility index (Phi) is 10.1. The largest absolute Gasteiger partial charge is 0.491 e. The van der Waals surface area contributed by atoms with E-state index >= 15 is 0 Å². The Morgan fingerprint density at radius 1 is 1.21 bits per heavy atom. The van der Waals surface area contributed by atoms with Crippen LogP contribution in [0.4, 0.5) is 13.2 Å². The number of aliphatic hydroxyl groups is 3. The predicted octanol–water partition coefficient (Wildman–Crippen LogP) is 3.42. The van der Waals surface area contributed by atoms with E-state index in [0.29, 0.717) is 12.8 Å². The molecule has 0 amide bonds. The molecule has 0 aromatic heterocycles. The van der Waals surface area contributed by atoms with Crippen molar-refractivity contribution in [1.29, 1.82) is 0 Å². The third-order valence-electron chi connectivity index (χ3n) is 5.36. The zero-order valence-corrected chi connectivity index (χ0v) is 18.2. The molecule has 0 bridgehead atoms. The molecular formula is C24H29F3O6. The lowest BCUT2D eigenvalue weighted by atomic mass is 9.89. The lowest BCUT2D eigenvalue weighted by Gasteiger charge is -2.19. The number of hydrogen-bond donors (Lipinski definition) is 3. The number of benzene rings is 1. The van der Waals surface area contributed by atoms with Crippen LogP contribution in [0.3, 0.4) is 0 Å². The van der Waals surface area contributed by atoms with Crippen molar-refractivity contribution >= 4 is 5.97 Å². The van der Waals surface area contributed by atoms with E-state index in [1.807, 2.05) is 12.2 Å². The first-order chi connectivity index (χ1) is 15.6. The molecule has 2 rings (SSSR count). The number of aliphatic hydroxyl groups excluding tert-OH is 3. The second kappa shape index (κ2) is 12.6. The fourth-order valence-corrected chi connectivity index (χ4v) is 3.62. The minimum Gasteiger partial charge on any atom is -0.491 e. The number of rotatable bonds is 10. The molecule has 1 aromatic carbocycles. The fourth-order valence-electron chi connectivity index (χ4n) is 3.62. The van der Waals surface area contributed by atoms with Crippen LogP contribution in [-0.2, 0) is 15.7 Å². The summed E-state index contributed by atoms with van der Waals surface area (Å²) in [5.41, 5.74) is -0.843. The van der Waals surface area contributed by atoms with Crippen molar-refractivity contribution in [3.05, 3.63) is 66.3 Å². The second-order valence-electron chi connectivity index (χ2n) is 7.77. The Hall–Kier alpha value is -2.62. The Morgan fingerprint density at radius 3 is 2.67 bits per heavy atom. The van der Waals surface area contributed by atoms with E-state index in [4.69, 9.17) is 4.74 Å². The van der Waals surface area contributed by atoms with E-state index in [2.05, 4.69) is 4.74 Å². The minimum absolute atomic E-state index is 0.0159. The smallest absolute Gasteiger partial charge is 0.416 e. The Balaban J connectivity index is 1.89. The molecule has 0 radical (unpaired) electrons. The van der Waals surface area contributed by atoms with Crippen molar-refractivity contribution in [3.63, 3.8) is 0 Å². The maximum Gasteiger partial charge on any atom is 0.416 e. The lowest BCUT2D eigenvalue weighted by Crippen LogP contribution is -2.21. The summed E-state index contributed by atoms with van der Waals surface area (Å²) in [5, 5.41) is 30.7. The highest BCUT2D eigenvalue weighted by molar-refractivity contribution is 5.81. The number of carbonyl (C=O) groups is 1. The van der Waals surface area contributed by atoms with Gasteiger partial charge in [-0.3, -0.25) is 0 Å². The minimum atomic E-state index is -4.49. The van der Waals surface area contributed by atoms with Gasteiger partial charge in [-0.25, -0.2) is 4.79 Å². The lowest BCUT2D eigenvalue weighted by molar-refractivity contribution is -0.137. The molecule has 1 aliphatic rings. The number of hydrogen-bond acceptors (Lipinski definition) is 6. The van der Waals surface area contributed by atoms with Crippen molar-refractivity contribution < 1.29 is 42.8 Å². The highest BCUT2D eigenvalue weighted by Crippen LogP contribution is 2.36. The van der Waals surface area contributed by atoms with Gasteiger partial charge in [0.15, 0.2) is 0 Å². The fraction of sp³-hybridized carbons (Fsp3) is 0.458. The molecule has 9 heteroatoms. The van der Waals surface area contributed by atoms with Crippen molar-refractivity contribution in [2.24, 2.45) is 11.8 Å². The molecule has 33 heavy (non-hydrogen) atoms. The van der Waals surface area contributed by atoms with E-state index < -0.39 is 41.9 Å². The number of halogens is 3. The third-order valence-corrected chi connectivity index (χ3v) is 5.36. The zero-order chi connectivity index (χ0) is 24.4. The summed E-state index contributed by atoms with van der Waals surface area (Å²) in [5.74, 6) is -1.14. The van der Waals surface area contributed by atoms with Crippen LogP contribution in [0.15, 0.2) is 60.7 Å². The predicted molar refractivity (Wildman–Crippen MR) is 115 cm³/mol. The maximum atomic E-state index is 12.8.